The van der Waals surface area contributed by atoms with Gasteiger partial charge < -0.3 is 10.0 Å². The maximum absolute atomic E-state index is 13.9. The fraction of sp³-hybridized carbons (Fsp3) is 0.308. The van der Waals surface area contributed by atoms with Gasteiger partial charge in [0, 0.05) is 12.4 Å². The van der Waals surface area contributed by atoms with E-state index in [1.807, 2.05) is 12.4 Å². The van der Waals surface area contributed by atoms with Crippen LogP contribution in [0, 0.1) is 5.82 Å². The van der Waals surface area contributed by atoms with Crippen LogP contribution in [-0.4, -0.2) is 17.1 Å². The SMILES string of the molecule is C[C@H](O)c1ccc(N(C)Cc2cscn2)c(F)c1. The molecule has 1 aromatic heterocycles. The Balaban J connectivity index is 2.17. The normalized spacial score (nSPS) is 12.4. The van der Waals surface area contributed by atoms with Crippen molar-refractivity contribution in [3.63, 3.8) is 0 Å². The maximum Gasteiger partial charge on any atom is 0.146 e. The van der Waals surface area contributed by atoms with Gasteiger partial charge >= 0.3 is 0 Å². The van der Waals surface area contributed by atoms with E-state index in [2.05, 4.69) is 4.98 Å². The van der Waals surface area contributed by atoms with Gasteiger partial charge in [-0.1, -0.05) is 6.07 Å². The van der Waals surface area contributed by atoms with Crippen LogP contribution in [0.5, 0.6) is 0 Å². The molecule has 0 fully saturated rings. The van der Waals surface area contributed by atoms with Crippen LogP contribution in [0.3, 0.4) is 0 Å². The Bertz CT molecular complexity index is 514. The van der Waals surface area contributed by atoms with E-state index in [1.165, 1.54) is 17.4 Å². The van der Waals surface area contributed by atoms with Crippen molar-refractivity contribution in [2.45, 2.75) is 19.6 Å². The first-order valence-corrected chi connectivity index (χ1v) is 6.58. The molecule has 0 radical (unpaired) electrons. The van der Waals surface area contributed by atoms with E-state index >= 15 is 0 Å². The molecule has 0 aliphatic heterocycles. The molecule has 0 unspecified atom stereocenters. The number of rotatable bonds is 4. The lowest BCUT2D eigenvalue weighted by molar-refractivity contribution is 0.199. The van der Waals surface area contributed by atoms with Crippen molar-refractivity contribution in [1.82, 2.24) is 4.98 Å². The van der Waals surface area contributed by atoms with Gasteiger partial charge in [-0.25, -0.2) is 9.37 Å². The predicted molar refractivity (Wildman–Crippen MR) is 71.3 cm³/mol. The number of hydrogen-bond donors (Lipinski definition) is 1. The van der Waals surface area contributed by atoms with Crippen LogP contribution in [0.15, 0.2) is 29.1 Å². The molecular formula is C13H15FN2OS. The molecule has 5 heteroatoms. The second kappa shape index (κ2) is 5.46. The molecule has 1 heterocycles. The van der Waals surface area contributed by atoms with Gasteiger partial charge in [-0.05, 0) is 24.6 Å². The number of halogens is 1. The molecule has 1 atom stereocenters. The lowest BCUT2D eigenvalue weighted by Gasteiger charge is -2.19. The average molecular weight is 266 g/mol. The Morgan fingerprint density at radius 1 is 1.50 bits per heavy atom. The summed E-state index contributed by atoms with van der Waals surface area (Å²) >= 11 is 1.52. The Kier molecular flexibility index (Phi) is 3.93. The van der Waals surface area contributed by atoms with E-state index in [9.17, 15) is 9.50 Å². The zero-order valence-corrected chi connectivity index (χ0v) is 11.1. The largest absolute Gasteiger partial charge is 0.389 e. The van der Waals surface area contributed by atoms with Crippen molar-refractivity contribution in [2.75, 3.05) is 11.9 Å². The van der Waals surface area contributed by atoms with Crippen molar-refractivity contribution < 1.29 is 9.50 Å². The first-order valence-electron chi connectivity index (χ1n) is 5.63. The van der Waals surface area contributed by atoms with Crippen LogP contribution in [0.2, 0.25) is 0 Å². The molecule has 96 valence electrons. The number of benzene rings is 1. The van der Waals surface area contributed by atoms with E-state index < -0.39 is 6.10 Å². The van der Waals surface area contributed by atoms with Crippen molar-refractivity contribution in [3.8, 4) is 0 Å². The third-order valence-electron chi connectivity index (χ3n) is 2.75. The molecule has 0 aliphatic carbocycles. The highest BCUT2D eigenvalue weighted by Gasteiger charge is 2.11. The number of hydrogen-bond acceptors (Lipinski definition) is 4. The van der Waals surface area contributed by atoms with Gasteiger partial charge in [0.2, 0.25) is 0 Å². The minimum atomic E-state index is -0.655. The van der Waals surface area contributed by atoms with Gasteiger partial charge in [0.15, 0.2) is 0 Å². The second-order valence-electron chi connectivity index (χ2n) is 4.22. The third-order valence-corrected chi connectivity index (χ3v) is 3.38. The quantitative estimate of drug-likeness (QED) is 0.924. The lowest BCUT2D eigenvalue weighted by atomic mass is 10.1. The second-order valence-corrected chi connectivity index (χ2v) is 4.94. The van der Waals surface area contributed by atoms with Gasteiger partial charge in [-0.3, -0.25) is 0 Å². The van der Waals surface area contributed by atoms with E-state index in [0.717, 1.165) is 5.69 Å². The molecule has 3 nitrogen and oxygen atoms in total. The van der Waals surface area contributed by atoms with Crippen LogP contribution in [0.1, 0.15) is 24.3 Å². The van der Waals surface area contributed by atoms with Crippen LogP contribution >= 0.6 is 11.3 Å². The zero-order valence-electron chi connectivity index (χ0n) is 10.3. The molecule has 1 aromatic carbocycles. The van der Waals surface area contributed by atoms with E-state index in [4.69, 9.17) is 0 Å². The summed E-state index contributed by atoms with van der Waals surface area (Å²) in [5, 5.41) is 11.3. The van der Waals surface area contributed by atoms with Crippen LogP contribution in [-0.2, 0) is 6.54 Å². The van der Waals surface area contributed by atoms with Gasteiger partial charge in [0.25, 0.3) is 0 Å². The van der Waals surface area contributed by atoms with Gasteiger partial charge in [0.1, 0.15) is 5.82 Å². The predicted octanol–water partition coefficient (Wildman–Crippen LogP) is 2.97. The van der Waals surface area contributed by atoms with Crippen molar-refractivity contribution in [3.05, 3.63) is 46.2 Å². The first-order chi connectivity index (χ1) is 8.58. The Labute approximate surface area is 110 Å². The molecule has 2 rings (SSSR count). The molecule has 0 bridgehead atoms. The minimum Gasteiger partial charge on any atom is -0.389 e. The smallest absolute Gasteiger partial charge is 0.146 e. The van der Waals surface area contributed by atoms with Gasteiger partial charge in [-0.2, -0.15) is 0 Å². The summed E-state index contributed by atoms with van der Waals surface area (Å²) in [5.41, 5.74) is 3.77. The molecule has 1 N–H and O–H groups in total. The monoisotopic (exact) mass is 266 g/mol. The van der Waals surface area contributed by atoms with Gasteiger partial charge in [-0.15, -0.1) is 11.3 Å². The average Bonchev–Trinajstić information content (AvgIpc) is 2.81. The summed E-state index contributed by atoms with van der Waals surface area (Å²) in [6.07, 6.45) is -0.655. The topological polar surface area (TPSA) is 36.4 Å². The molecule has 0 amide bonds. The Morgan fingerprint density at radius 3 is 2.83 bits per heavy atom. The first kappa shape index (κ1) is 13.0. The van der Waals surface area contributed by atoms with Crippen molar-refractivity contribution in [2.24, 2.45) is 0 Å². The summed E-state index contributed by atoms with van der Waals surface area (Å²) in [6.45, 7) is 2.18. The number of aromatic nitrogens is 1. The summed E-state index contributed by atoms with van der Waals surface area (Å²) in [4.78, 5) is 5.97. The summed E-state index contributed by atoms with van der Waals surface area (Å²) < 4.78 is 13.9. The van der Waals surface area contributed by atoms with Crippen LogP contribution in [0.4, 0.5) is 10.1 Å². The fourth-order valence-electron chi connectivity index (χ4n) is 1.74. The van der Waals surface area contributed by atoms with Gasteiger partial charge in [0.05, 0.1) is 29.5 Å². The molecule has 0 saturated heterocycles. The number of aliphatic hydroxyl groups is 1. The highest BCUT2D eigenvalue weighted by Crippen LogP contribution is 2.23. The maximum atomic E-state index is 13.9. The van der Waals surface area contributed by atoms with E-state index in [1.54, 1.807) is 29.5 Å². The number of aliphatic hydroxyl groups excluding tert-OH is 1. The molecule has 0 aliphatic rings. The Morgan fingerprint density at radius 2 is 2.28 bits per heavy atom. The van der Waals surface area contributed by atoms with E-state index in [-0.39, 0.29) is 5.82 Å². The van der Waals surface area contributed by atoms with Crippen LogP contribution < -0.4 is 4.90 Å². The lowest BCUT2D eigenvalue weighted by Crippen LogP contribution is -2.18. The minimum absolute atomic E-state index is 0.328. The molecular weight excluding hydrogens is 251 g/mol. The third kappa shape index (κ3) is 2.86. The van der Waals surface area contributed by atoms with E-state index in [0.29, 0.717) is 17.8 Å². The van der Waals surface area contributed by atoms with Crippen molar-refractivity contribution >= 4 is 17.0 Å². The summed E-state index contributed by atoms with van der Waals surface area (Å²) in [6, 6.07) is 4.79. The Hall–Kier alpha value is -1.46. The standard InChI is InChI=1S/C13H15FN2OS/c1-9(17)10-3-4-13(12(14)5-10)16(2)6-11-7-18-8-15-11/h3-5,7-9,17H,6H2,1-2H3/t9-/m0/s1. The van der Waals surface area contributed by atoms with Crippen LogP contribution in [0.25, 0.3) is 0 Å². The highest BCUT2D eigenvalue weighted by atomic mass is 32.1. The number of thiazole rings is 1. The van der Waals surface area contributed by atoms with Crippen molar-refractivity contribution in [1.29, 1.82) is 0 Å². The molecule has 18 heavy (non-hydrogen) atoms. The molecule has 0 saturated carbocycles. The fourth-order valence-corrected chi connectivity index (χ4v) is 2.29. The molecule has 0 spiro atoms. The molecule has 2 aromatic rings. The summed E-state index contributed by atoms with van der Waals surface area (Å²) in [5.74, 6) is -0.328. The number of anilines is 1. The number of nitrogens with zero attached hydrogens (tertiary/aromatic N) is 2. The zero-order chi connectivity index (χ0) is 13.1. The highest BCUT2D eigenvalue weighted by molar-refractivity contribution is 7.07. The summed E-state index contributed by atoms with van der Waals surface area (Å²) in [7, 11) is 1.82.